The lowest BCUT2D eigenvalue weighted by Crippen LogP contribution is -2.24. The Hall–Kier alpha value is -0.340. The molecule has 0 spiro atoms. The third kappa shape index (κ3) is 1.82. The largest absolute Gasteiger partial charge is 0.395 e. The lowest BCUT2D eigenvalue weighted by Gasteiger charge is -2.01. The van der Waals surface area contributed by atoms with Crippen LogP contribution in [0.5, 0.6) is 0 Å². The molecule has 0 aromatic rings. The van der Waals surface area contributed by atoms with E-state index in [0.29, 0.717) is 6.04 Å². The predicted molar refractivity (Wildman–Crippen MR) is 41.9 cm³/mol. The van der Waals surface area contributed by atoms with Crippen LogP contribution in [0, 0.1) is 0 Å². The van der Waals surface area contributed by atoms with Gasteiger partial charge in [-0.05, 0) is 12.8 Å². The second-order valence-corrected chi connectivity index (χ2v) is 2.74. The zero-order valence-electron chi connectivity index (χ0n) is 6.43. The van der Waals surface area contributed by atoms with Crippen LogP contribution in [0.2, 0.25) is 0 Å². The molecule has 1 fully saturated rings. The van der Waals surface area contributed by atoms with Crippen molar-refractivity contribution in [2.75, 3.05) is 13.2 Å². The van der Waals surface area contributed by atoms with Crippen LogP contribution < -0.4 is 5.32 Å². The molecule has 1 heterocycles. The van der Waals surface area contributed by atoms with Crippen molar-refractivity contribution in [3.63, 3.8) is 0 Å². The molecule has 0 aromatic carbocycles. The zero-order valence-corrected chi connectivity index (χ0v) is 6.43. The number of hydrogen-bond donors (Lipinski definition) is 2. The summed E-state index contributed by atoms with van der Waals surface area (Å²) in [5, 5.41) is 12.0. The number of aliphatic hydroxyl groups is 1. The van der Waals surface area contributed by atoms with Crippen LogP contribution in [-0.4, -0.2) is 24.3 Å². The summed E-state index contributed by atoms with van der Waals surface area (Å²) in [7, 11) is 0. The Balaban J connectivity index is 2.35. The molecule has 1 rings (SSSR count). The minimum atomic E-state index is 0.265. The van der Waals surface area contributed by atoms with Crippen molar-refractivity contribution in [3.8, 4) is 0 Å². The number of allylic oxidation sites excluding steroid dienone is 1. The van der Waals surface area contributed by atoms with Crippen LogP contribution >= 0.6 is 0 Å². The van der Waals surface area contributed by atoms with Gasteiger partial charge in [-0.3, -0.25) is 0 Å². The molecular weight excluding hydrogens is 126 g/mol. The van der Waals surface area contributed by atoms with Crippen LogP contribution in [0.15, 0.2) is 11.6 Å². The summed E-state index contributed by atoms with van der Waals surface area (Å²) in [4.78, 5) is 0. The van der Waals surface area contributed by atoms with Gasteiger partial charge in [0.25, 0.3) is 0 Å². The highest BCUT2D eigenvalue weighted by molar-refractivity contribution is 5.11. The van der Waals surface area contributed by atoms with Crippen molar-refractivity contribution in [2.45, 2.75) is 25.8 Å². The van der Waals surface area contributed by atoms with Gasteiger partial charge in [-0.1, -0.05) is 18.6 Å². The van der Waals surface area contributed by atoms with Crippen molar-refractivity contribution in [3.05, 3.63) is 11.6 Å². The Morgan fingerprint density at radius 3 is 3.10 bits per heavy atom. The summed E-state index contributed by atoms with van der Waals surface area (Å²) in [6.45, 7) is 3.37. The molecule has 0 saturated carbocycles. The number of nitrogens with one attached hydrogen (secondary N) is 1. The quantitative estimate of drug-likeness (QED) is 0.554. The molecule has 58 valence electrons. The third-order valence-electron chi connectivity index (χ3n) is 1.84. The topological polar surface area (TPSA) is 32.3 Å². The molecule has 1 atom stereocenters. The smallest absolute Gasteiger partial charge is 0.0587 e. The third-order valence-corrected chi connectivity index (χ3v) is 1.84. The molecule has 2 nitrogen and oxygen atoms in total. The summed E-state index contributed by atoms with van der Waals surface area (Å²) in [6, 6.07) is 0.317. The van der Waals surface area contributed by atoms with Gasteiger partial charge in [0.1, 0.15) is 0 Å². The van der Waals surface area contributed by atoms with Crippen LogP contribution in [0.4, 0.5) is 0 Å². The van der Waals surface area contributed by atoms with E-state index >= 15 is 0 Å². The molecule has 2 heteroatoms. The van der Waals surface area contributed by atoms with Gasteiger partial charge in [0.15, 0.2) is 0 Å². The highest BCUT2D eigenvalue weighted by atomic mass is 16.3. The fourth-order valence-electron chi connectivity index (χ4n) is 1.31. The van der Waals surface area contributed by atoms with Crippen molar-refractivity contribution in [1.82, 2.24) is 5.32 Å². The van der Waals surface area contributed by atoms with Gasteiger partial charge in [0, 0.05) is 12.6 Å². The SMILES string of the molecule is CC/C=C1/CN[C@H](CO)C1. The predicted octanol–water partition coefficient (Wildman–Crippen LogP) is 0.677. The van der Waals surface area contributed by atoms with E-state index in [4.69, 9.17) is 5.11 Å². The molecule has 0 unspecified atom stereocenters. The van der Waals surface area contributed by atoms with E-state index in [1.54, 1.807) is 0 Å². The number of rotatable bonds is 2. The average molecular weight is 141 g/mol. The van der Waals surface area contributed by atoms with Crippen LogP contribution in [-0.2, 0) is 0 Å². The molecule has 0 aromatic heterocycles. The van der Waals surface area contributed by atoms with Gasteiger partial charge in [-0.15, -0.1) is 0 Å². The Kier molecular flexibility index (Phi) is 2.90. The molecule has 1 aliphatic rings. The van der Waals surface area contributed by atoms with Gasteiger partial charge in [0.2, 0.25) is 0 Å². The van der Waals surface area contributed by atoms with Gasteiger partial charge in [-0.25, -0.2) is 0 Å². The van der Waals surface area contributed by atoms with E-state index in [1.807, 2.05) is 0 Å². The van der Waals surface area contributed by atoms with E-state index in [-0.39, 0.29) is 6.61 Å². The van der Waals surface area contributed by atoms with Gasteiger partial charge < -0.3 is 10.4 Å². The first-order valence-corrected chi connectivity index (χ1v) is 3.89. The molecule has 0 aliphatic carbocycles. The van der Waals surface area contributed by atoms with E-state index in [1.165, 1.54) is 5.57 Å². The summed E-state index contributed by atoms with van der Waals surface area (Å²) in [6.07, 6.45) is 4.38. The number of hydrogen-bond acceptors (Lipinski definition) is 2. The van der Waals surface area contributed by atoms with Gasteiger partial charge in [-0.2, -0.15) is 0 Å². The van der Waals surface area contributed by atoms with Crippen LogP contribution in [0.3, 0.4) is 0 Å². The minimum Gasteiger partial charge on any atom is -0.395 e. The van der Waals surface area contributed by atoms with E-state index in [9.17, 15) is 0 Å². The fourth-order valence-corrected chi connectivity index (χ4v) is 1.31. The monoisotopic (exact) mass is 141 g/mol. The highest BCUT2D eigenvalue weighted by Crippen LogP contribution is 2.12. The molecule has 1 saturated heterocycles. The second kappa shape index (κ2) is 3.74. The van der Waals surface area contributed by atoms with Crippen molar-refractivity contribution in [1.29, 1.82) is 0 Å². The van der Waals surface area contributed by atoms with E-state index < -0.39 is 0 Å². The lowest BCUT2D eigenvalue weighted by atomic mass is 10.1. The maximum Gasteiger partial charge on any atom is 0.0587 e. The van der Waals surface area contributed by atoms with Gasteiger partial charge >= 0.3 is 0 Å². The first-order valence-electron chi connectivity index (χ1n) is 3.89. The number of aliphatic hydroxyl groups excluding tert-OH is 1. The lowest BCUT2D eigenvalue weighted by molar-refractivity contribution is 0.256. The Bertz CT molecular complexity index is 131. The van der Waals surface area contributed by atoms with Gasteiger partial charge in [0.05, 0.1) is 6.61 Å². The minimum absolute atomic E-state index is 0.265. The van der Waals surface area contributed by atoms with Crippen LogP contribution in [0.1, 0.15) is 19.8 Å². The molecular formula is C8H15NO. The van der Waals surface area contributed by atoms with Crippen LogP contribution in [0.25, 0.3) is 0 Å². The standard InChI is InChI=1S/C8H15NO/c1-2-3-7-4-8(6-10)9-5-7/h3,8-10H,2,4-6H2,1H3/b7-3+/t8-/m0/s1. The molecule has 0 radical (unpaired) electrons. The fraction of sp³-hybridized carbons (Fsp3) is 0.750. The Morgan fingerprint density at radius 1 is 1.80 bits per heavy atom. The molecule has 10 heavy (non-hydrogen) atoms. The highest BCUT2D eigenvalue weighted by Gasteiger charge is 2.15. The van der Waals surface area contributed by atoms with Crippen molar-refractivity contribution in [2.24, 2.45) is 0 Å². The summed E-state index contributed by atoms with van der Waals surface area (Å²) in [5.41, 5.74) is 1.45. The molecule has 0 bridgehead atoms. The Labute approximate surface area is 61.9 Å². The maximum atomic E-state index is 8.76. The Morgan fingerprint density at radius 2 is 2.60 bits per heavy atom. The summed E-state index contributed by atoms with van der Waals surface area (Å²) >= 11 is 0. The maximum absolute atomic E-state index is 8.76. The summed E-state index contributed by atoms with van der Waals surface area (Å²) in [5.74, 6) is 0. The van der Waals surface area contributed by atoms with Crippen molar-refractivity contribution < 1.29 is 5.11 Å². The average Bonchev–Trinajstić information content (AvgIpc) is 2.37. The first kappa shape index (κ1) is 7.76. The zero-order chi connectivity index (χ0) is 7.40. The molecule has 0 amide bonds. The summed E-state index contributed by atoms with van der Waals surface area (Å²) < 4.78 is 0. The molecule has 1 aliphatic heterocycles. The second-order valence-electron chi connectivity index (χ2n) is 2.74. The van der Waals surface area contributed by atoms with Crippen molar-refractivity contribution >= 4 is 0 Å². The van der Waals surface area contributed by atoms with E-state index in [0.717, 1.165) is 19.4 Å². The van der Waals surface area contributed by atoms with E-state index in [2.05, 4.69) is 18.3 Å². The normalized spacial score (nSPS) is 29.8. The molecule has 2 N–H and O–H groups in total. The first-order chi connectivity index (χ1) is 4.86.